The summed E-state index contributed by atoms with van der Waals surface area (Å²) in [6.07, 6.45) is 0. The summed E-state index contributed by atoms with van der Waals surface area (Å²) in [6, 6.07) is 37.8. The first-order chi connectivity index (χ1) is 20.1. The standard InChI is InChI=1S/C36H24N2O2Si/c1-41(2)30-20-8-5-13-25(30)31-35(41)32(26-16-9-14-23-21-11-3-6-18-28(21)39-33(23)26)38-36(37-31)27-17-10-15-24-22-12-4-7-19-29(22)40-34(24)27/h3-20H,1-2H3. The van der Waals surface area contributed by atoms with E-state index in [9.17, 15) is 0 Å². The molecule has 5 aromatic carbocycles. The van der Waals surface area contributed by atoms with Gasteiger partial charge in [0.25, 0.3) is 0 Å². The second-order valence-corrected chi connectivity index (χ2v) is 15.6. The van der Waals surface area contributed by atoms with E-state index in [4.69, 9.17) is 18.8 Å². The van der Waals surface area contributed by atoms with Crippen molar-refractivity contribution in [2.24, 2.45) is 0 Å². The summed E-state index contributed by atoms with van der Waals surface area (Å²) in [5.41, 5.74) is 8.50. The second kappa shape index (κ2) is 8.02. The van der Waals surface area contributed by atoms with E-state index >= 15 is 0 Å². The van der Waals surface area contributed by atoms with Gasteiger partial charge in [0.1, 0.15) is 30.4 Å². The van der Waals surface area contributed by atoms with Crippen molar-refractivity contribution in [1.29, 1.82) is 0 Å². The highest BCUT2D eigenvalue weighted by atomic mass is 28.3. The van der Waals surface area contributed by atoms with Crippen molar-refractivity contribution in [3.8, 4) is 33.9 Å². The van der Waals surface area contributed by atoms with Gasteiger partial charge in [-0.15, -0.1) is 0 Å². The van der Waals surface area contributed by atoms with Crippen LogP contribution in [0.1, 0.15) is 0 Å². The summed E-state index contributed by atoms with van der Waals surface area (Å²) in [5.74, 6) is 0.665. The highest BCUT2D eigenvalue weighted by molar-refractivity contribution is 7.04. The van der Waals surface area contributed by atoms with E-state index in [0.717, 1.165) is 66.4 Å². The maximum atomic E-state index is 6.54. The highest BCUT2D eigenvalue weighted by Crippen LogP contribution is 2.40. The van der Waals surface area contributed by atoms with Gasteiger partial charge in [-0.1, -0.05) is 98.0 Å². The molecule has 4 nitrogen and oxygen atoms in total. The van der Waals surface area contributed by atoms with Gasteiger partial charge in [-0.2, -0.15) is 0 Å². The van der Waals surface area contributed by atoms with Crippen LogP contribution in [0.25, 0.3) is 77.8 Å². The lowest BCUT2D eigenvalue weighted by Crippen LogP contribution is -2.50. The van der Waals surface area contributed by atoms with E-state index < -0.39 is 8.07 Å². The minimum Gasteiger partial charge on any atom is -0.455 e. The van der Waals surface area contributed by atoms with Crippen molar-refractivity contribution in [1.82, 2.24) is 9.97 Å². The molecule has 0 radical (unpaired) electrons. The van der Waals surface area contributed by atoms with Crippen LogP contribution in [0.3, 0.4) is 0 Å². The molecule has 1 aliphatic heterocycles. The normalized spacial score (nSPS) is 13.8. The van der Waals surface area contributed by atoms with Gasteiger partial charge in [0, 0.05) is 27.1 Å². The average Bonchev–Trinajstić information content (AvgIpc) is 3.65. The smallest absolute Gasteiger partial charge is 0.164 e. The van der Waals surface area contributed by atoms with Gasteiger partial charge in [0.05, 0.1) is 17.0 Å². The summed E-state index contributed by atoms with van der Waals surface area (Å²) in [6.45, 7) is 4.81. The number of hydrogen-bond donors (Lipinski definition) is 0. The van der Waals surface area contributed by atoms with Crippen LogP contribution in [0.5, 0.6) is 0 Å². The zero-order valence-electron chi connectivity index (χ0n) is 22.6. The lowest BCUT2D eigenvalue weighted by molar-refractivity contribution is 0.669. The largest absolute Gasteiger partial charge is 0.455 e. The van der Waals surface area contributed by atoms with Gasteiger partial charge in [0.2, 0.25) is 0 Å². The van der Waals surface area contributed by atoms with E-state index in [2.05, 4.69) is 92.0 Å². The zero-order valence-corrected chi connectivity index (χ0v) is 23.6. The SMILES string of the molecule is C[Si]1(C)c2ccccc2-c2nc(-c3cccc4c3oc3ccccc34)nc(-c3cccc4c3oc3ccccc34)c21. The minimum absolute atomic E-state index is 0.665. The van der Waals surface area contributed by atoms with Crippen LogP contribution in [0.2, 0.25) is 13.1 Å². The molecule has 8 aromatic rings. The zero-order chi connectivity index (χ0) is 27.3. The van der Waals surface area contributed by atoms with Crippen LogP contribution < -0.4 is 10.4 Å². The first-order valence-corrected chi connectivity index (χ1v) is 16.9. The van der Waals surface area contributed by atoms with Crippen LogP contribution in [0, 0.1) is 0 Å². The molecular formula is C36H24N2O2Si. The van der Waals surface area contributed by atoms with Crippen LogP contribution in [0.4, 0.5) is 0 Å². The Hall–Kier alpha value is -5.00. The average molecular weight is 545 g/mol. The lowest BCUT2D eigenvalue weighted by Gasteiger charge is -2.21. The molecule has 0 N–H and O–H groups in total. The number of fused-ring (bicyclic) bond motifs is 9. The fourth-order valence-corrected chi connectivity index (χ4v) is 10.0. The maximum Gasteiger partial charge on any atom is 0.164 e. The molecule has 9 rings (SSSR count). The van der Waals surface area contributed by atoms with Gasteiger partial charge in [-0.25, -0.2) is 9.97 Å². The third-order valence-electron chi connectivity index (χ3n) is 8.69. The fraction of sp³-hybridized carbons (Fsp3) is 0.0556. The summed E-state index contributed by atoms with van der Waals surface area (Å²) in [5, 5.41) is 7.02. The molecule has 0 atom stereocenters. The van der Waals surface area contributed by atoms with Gasteiger partial charge >= 0.3 is 0 Å². The van der Waals surface area contributed by atoms with Gasteiger partial charge in [0.15, 0.2) is 5.82 Å². The Morgan fingerprint density at radius 2 is 0.976 bits per heavy atom. The summed E-state index contributed by atoms with van der Waals surface area (Å²) in [7, 11) is -2.13. The number of benzene rings is 5. The fourth-order valence-electron chi connectivity index (χ4n) is 6.79. The van der Waals surface area contributed by atoms with E-state index in [1.807, 2.05) is 30.3 Å². The molecule has 0 saturated carbocycles. The van der Waals surface area contributed by atoms with Crippen molar-refractivity contribution in [2.75, 3.05) is 0 Å². The number of para-hydroxylation sites is 4. The molecule has 0 unspecified atom stereocenters. The first-order valence-electron chi connectivity index (χ1n) is 13.9. The Balaban J connectivity index is 1.41. The highest BCUT2D eigenvalue weighted by Gasteiger charge is 2.42. The van der Waals surface area contributed by atoms with Gasteiger partial charge in [-0.05, 0) is 40.2 Å². The van der Waals surface area contributed by atoms with Crippen molar-refractivity contribution in [3.63, 3.8) is 0 Å². The molecule has 194 valence electrons. The first kappa shape index (κ1) is 22.8. The molecule has 0 bridgehead atoms. The summed E-state index contributed by atoms with van der Waals surface area (Å²) >= 11 is 0. The van der Waals surface area contributed by atoms with Crippen LogP contribution in [-0.2, 0) is 0 Å². The third-order valence-corrected chi connectivity index (χ3v) is 12.2. The van der Waals surface area contributed by atoms with Crippen molar-refractivity contribution in [3.05, 3.63) is 109 Å². The Kier molecular flexibility index (Phi) is 4.46. The Bertz CT molecular complexity index is 2360. The molecular weight excluding hydrogens is 520 g/mol. The Morgan fingerprint density at radius 1 is 0.488 bits per heavy atom. The Morgan fingerprint density at radius 3 is 1.66 bits per heavy atom. The van der Waals surface area contributed by atoms with E-state index in [1.54, 1.807) is 0 Å². The maximum absolute atomic E-state index is 6.54. The topological polar surface area (TPSA) is 52.1 Å². The van der Waals surface area contributed by atoms with E-state index in [-0.39, 0.29) is 0 Å². The molecule has 5 heteroatoms. The van der Waals surface area contributed by atoms with Crippen molar-refractivity contribution < 1.29 is 8.83 Å². The summed E-state index contributed by atoms with van der Waals surface area (Å²) < 4.78 is 13.0. The van der Waals surface area contributed by atoms with Crippen LogP contribution >= 0.6 is 0 Å². The number of rotatable bonds is 2. The molecule has 1 aliphatic rings. The number of furan rings is 2. The third kappa shape index (κ3) is 3.04. The minimum atomic E-state index is -2.13. The monoisotopic (exact) mass is 544 g/mol. The quantitative estimate of drug-likeness (QED) is 0.205. The van der Waals surface area contributed by atoms with Gasteiger partial charge in [-0.3, -0.25) is 0 Å². The molecule has 0 spiro atoms. The van der Waals surface area contributed by atoms with Crippen molar-refractivity contribution >= 4 is 62.3 Å². The van der Waals surface area contributed by atoms with E-state index in [0.29, 0.717) is 5.82 Å². The molecule has 3 aromatic heterocycles. The van der Waals surface area contributed by atoms with E-state index in [1.165, 1.54) is 15.9 Å². The molecule has 0 saturated heterocycles. The molecule has 41 heavy (non-hydrogen) atoms. The predicted octanol–water partition coefficient (Wildman–Crippen LogP) is 8.41. The molecule has 4 heterocycles. The molecule has 0 fully saturated rings. The lowest BCUT2D eigenvalue weighted by atomic mass is 10.0. The second-order valence-electron chi connectivity index (χ2n) is 11.4. The van der Waals surface area contributed by atoms with Crippen LogP contribution in [-0.4, -0.2) is 18.0 Å². The number of aromatic nitrogens is 2. The molecule has 0 amide bonds. The van der Waals surface area contributed by atoms with Crippen LogP contribution in [0.15, 0.2) is 118 Å². The number of hydrogen-bond acceptors (Lipinski definition) is 4. The summed E-state index contributed by atoms with van der Waals surface area (Å²) in [4.78, 5) is 10.7. The number of nitrogens with zero attached hydrogens (tertiary/aromatic N) is 2. The van der Waals surface area contributed by atoms with Crippen molar-refractivity contribution in [2.45, 2.75) is 13.1 Å². The molecule has 0 aliphatic carbocycles. The van der Waals surface area contributed by atoms with Gasteiger partial charge < -0.3 is 8.83 Å². The Labute approximate surface area is 236 Å². The predicted molar refractivity (Wildman–Crippen MR) is 170 cm³/mol.